The quantitative estimate of drug-likeness (QED) is 0.599. The molecule has 3 N–H and O–H groups in total. The molecule has 1 aromatic rings. The van der Waals surface area contributed by atoms with Gasteiger partial charge in [-0.2, -0.15) is 0 Å². The fourth-order valence-electron chi connectivity index (χ4n) is 0.742. The van der Waals surface area contributed by atoms with E-state index in [1.54, 1.807) is 6.92 Å². The van der Waals surface area contributed by atoms with Crippen LogP contribution in [0.5, 0.6) is 0 Å². The molecule has 0 saturated heterocycles. The molecule has 0 aliphatic carbocycles. The average molecular weight is 258 g/mol. The van der Waals surface area contributed by atoms with Crippen molar-refractivity contribution in [1.82, 2.24) is 0 Å². The van der Waals surface area contributed by atoms with Crippen LogP contribution in [0.15, 0.2) is 30.3 Å². The van der Waals surface area contributed by atoms with Crippen molar-refractivity contribution >= 4 is 0 Å². The maximum absolute atomic E-state index is 8.35. The Hall–Kier alpha value is -2.22. The summed E-state index contributed by atoms with van der Waals surface area (Å²) in [6.07, 6.45) is 4.53. The summed E-state index contributed by atoms with van der Waals surface area (Å²) in [5, 5.41) is 23.9. The van der Waals surface area contributed by atoms with E-state index in [2.05, 4.69) is 30.1 Å². The van der Waals surface area contributed by atoms with Gasteiger partial charge >= 0.3 is 0 Å². The van der Waals surface area contributed by atoms with E-state index < -0.39 is 0 Å². The third kappa shape index (κ3) is 18.3. The zero-order chi connectivity index (χ0) is 14.8. The Morgan fingerprint density at radius 3 is 1.79 bits per heavy atom. The molecule has 0 heterocycles. The average Bonchev–Trinajstić information content (AvgIpc) is 2.48. The first-order chi connectivity index (χ1) is 9.26. The molecule has 1 rings (SSSR count). The van der Waals surface area contributed by atoms with Crippen molar-refractivity contribution in [3.8, 4) is 36.0 Å². The smallest absolute Gasteiger partial charge is 0.104 e. The summed E-state index contributed by atoms with van der Waals surface area (Å²) in [7, 11) is 0. The summed E-state index contributed by atoms with van der Waals surface area (Å²) < 4.78 is 0. The van der Waals surface area contributed by atoms with Crippen molar-refractivity contribution in [2.24, 2.45) is 0 Å². The topological polar surface area (TPSA) is 60.7 Å². The Bertz CT molecular complexity index is 450. The molecule has 0 bridgehead atoms. The van der Waals surface area contributed by atoms with Gasteiger partial charge in [0.05, 0.1) is 0 Å². The van der Waals surface area contributed by atoms with Gasteiger partial charge in [-0.15, -0.1) is 12.3 Å². The molecule has 0 radical (unpaired) electrons. The standard InChI is InChI=1S/C9H8O.C4H6O.C3H4O/c10-8-4-7-9-5-2-1-3-6-9;1-2-3-4-5;1-2-3-4/h1-3,5-6,10H,8H2;5H,4H2,1H3;1,4H,3H2. The zero-order valence-corrected chi connectivity index (χ0v) is 10.9. The molecule has 0 aromatic heterocycles. The van der Waals surface area contributed by atoms with Crippen molar-refractivity contribution in [1.29, 1.82) is 0 Å². The predicted molar refractivity (Wildman–Crippen MR) is 76.9 cm³/mol. The highest BCUT2D eigenvalue weighted by atomic mass is 16.3. The van der Waals surface area contributed by atoms with Gasteiger partial charge in [-0.05, 0) is 19.1 Å². The Kier molecular flexibility index (Phi) is 18.3. The third-order valence-corrected chi connectivity index (χ3v) is 1.43. The van der Waals surface area contributed by atoms with Crippen LogP contribution in [0.1, 0.15) is 12.5 Å². The summed E-state index contributed by atoms with van der Waals surface area (Å²) in [6, 6.07) is 9.58. The van der Waals surface area contributed by atoms with E-state index in [1.807, 2.05) is 36.3 Å². The number of hydrogen-bond acceptors (Lipinski definition) is 3. The second kappa shape index (κ2) is 18.2. The maximum Gasteiger partial charge on any atom is 0.104 e. The highest BCUT2D eigenvalue weighted by Crippen LogP contribution is 1.93. The SMILES string of the molecule is C#CCO.CC#CCO.OCC#Cc1ccccc1. The monoisotopic (exact) mass is 258 g/mol. The first-order valence-corrected chi connectivity index (χ1v) is 5.46. The highest BCUT2D eigenvalue weighted by Gasteiger charge is 1.78. The van der Waals surface area contributed by atoms with E-state index in [0.29, 0.717) is 0 Å². The van der Waals surface area contributed by atoms with E-state index in [-0.39, 0.29) is 19.8 Å². The Morgan fingerprint density at radius 2 is 1.47 bits per heavy atom. The number of benzene rings is 1. The normalized spacial score (nSPS) is 6.68. The van der Waals surface area contributed by atoms with Crippen LogP contribution >= 0.6 is 0 Å². The van der Waals surface area contributed by atoms with Crippen molar-refractivity contribution in [2.45, 2.75) is 6.92 Å². The van der Waals surface area contributed by atoms with Gasteiger partial charge in [-0.25, -0.2) is 0 Å². The van der Waals surface area contributed by atoms with Gasteiger partial charge in [0.15, 0.2) is 0 Å². The van der Waals surface area contributed by atoms with Gasteiger partial charge < -0.3 is 15.3 Å². The van der Waals surface area contributed by atoms with Crippen LogP contribution in [0.25, 0.3) is 0 Å². The van der Waals surface area contributed by atoms with Crippen molar-refractivity contribution in [2.75, 3.05) is 19.8 Å². The van der Waals surface area contributed by atoms with Crippen LogP contribution in [0.4, 0.5) is 0 Å². The third-order valence-electron chi connectivity index (χ3n) is 1.43. The summed E-state index contributed by atoms with van der Waals surface area (Å²) in [5.74, 6) is 12.3. The lowest BCUT2D eigenvalue weighted by Gasteiger charge is -1.84. The second-order valence-corrected chi connectivity index (χ2v) is 2.77. The van der Waals surface area contributed by atoms with Gasteiger partial charge in [0.1, 0.15) is 19.8 Å². The van der Waals surface area contributed by atoms with Gasteiger partial charge in [-0.1, -0.05) is 41.9 Å². The van der Waals surface area contributed by atoms with Crippen LogP contribution in [0, 0.1) is 36.0 Å². The first kappa shape index (κ1) is 19.1. The van der Waals surface area contributed by atoms with Crippen LogP contribution in [-0.4, -0.2) is 35.1 Å². The molecule has 0 amide bonds. The number of rotatable bonds is 0. The molecule has 0 saturated carbocycles. The van der Waals surface area contributed by atoms with Gasteiger partial charge in [-0.3, -0.25) is 0 Å². The second-order valence-electron chi connectivity index (χ2n) is 2.77. The van der Waals surface area contributed by atoms with Gasteiger partial charge in [0.25, 0.3) is 0 Å². The molecule has 19 heavy (non-hydrogen) atoms. The van der Waals surface area contributed by atoms with E-state index in [0.717, 1.165) is 5.56 Å². The van der Waals surface area contributed by atoms with Crippen LogP contribution < -0.4 is 0 Å². The van der Waals surface area contributed by atoms with Crippen molar-refractivity contribution in [3.05, 3.63) is 35.9 Å². The Balaban J connectivity index is 0. The summed E-state index contributed by atoms with van der Waals surface area (Å²) in [5.41, 5.74) is 0.941. The highest BCUT2D eigenvalue weighted by molar-refractivity contribution is 5.33. The molecule has 0 aliphatic heterocycles. The molecule has 1 aromatic carbocycles. The Morgan fingerprint density at radius 1 is 0.947 bits per heavy atom. The minimum absolute atomic E-state index is 0.0174. The lowest BCUT2D eigenvalue weighted by molar-refractivity contribution is 0.350. The lowest BCUT2D eigenvalue weighted by Crippen LogP contribution is -1.74. The summed E-state index contributed by atoms with van der Waals surface area (Å²) in [4.78, 5) is 0. The zero-order valence-electron chi connectivity index (χ0n) is 10.9. The number of hydrogen-bond donors (Lipinski definition) is 3. The van der Waals surface area contributed by atoms with Crippen molar-refractivity contribution in [3.63, 3.8) is 0 Å². The molecule has 0 atom stereocenters. The number of terminal acetylenes is 1. The predicted octanol–water partition coefficient (Wildman–Crippen LogP) is 0.644. The van der Waals surface area contributed by atoms with Crippen LogP contribution in [0.3, 0.4) is 0 Å². The van der Waals surface area contributed by atoms with Crippen LogP contribution in [0.2, 0.25) is 0 Å². The molecule has 3 nitrogen and oxygen atoms in total. The molecule has 0 fully saturated rings. The van der Waals surface area contributed by atoms with E-state index in [4.69, 9.17) is 15.3 Å². The van der Waals surface area contributed by atoms with Gasteiger partial charge in [0.2, 0.25) is 0 Å². The fraction of sp³-hybridized carbons (Fsp3) is 0.250. The summed E-state index contributed by atoms with van der Waals surface area (Å²) in [6.45, 7) is 1.45. The van der Waals surface area contributed by atoms with Crippen molar-refractivity contribution < 1.29 is 15.3 Å². The number of aliphatic hydroxyl groups excluding tert-OH is 3. The minimum atomic E-state index is -0.153. The minimum Gasteiger partial charge on any atom is -0.384 e. The van der Waals surface area contributed by atoms with Gasteiger partial charge in [0, 0.05) is 5.56 Å². The maximum atomic E-state index is 8.35. The summed E-state index contributed by atoms with van der Waals surface area (Å²) >= 11 is 0. The molecular weight excluding hydrogens is 240 g/mol. The number of aliphatic hydroxyl groups is 3. The van der Waals surface area contributed by atoms with E-state index in [9.17, 15) is 0 Å². The van der Waals surface area contributed by atoms with E-state index >= 15 is 0 Å². The molecule has 3 heteroatoms. The van der Waals surface area contributed by atoms with Crippen LogP contribution in [-0.2, 0) is 0 Å². The lowest BCUT2D eigenvalue weighted by atomic mass is 10.2. The largest absolute Gasteiger partial charge is 0.384 e. The molecular formula is C16H18O3. The Labute approximate surface area is 114 Å². The molecule has 100 valence electrons. The van der Waals surface area contributed by atoms with E-state index in [1.165, 1.54) is 0 Å². The first-order valence-electron chi connectivity index (χ1n) is 5.46. The molecule has 0 aliphatic rings. The fourth-order valence-corrected chi connectivity index (χ4v) is 0.742. The molecule has 0 unspecified atom stereocenters. The molecule has 0 spiro atoms.